The second kappa shape index (κ2) is 10.4. The van der Waals surface area contributed by atoms with Crippen LogP contribution in [0.5, 0.6) is 5.75 Å². The third kappa shape index (κ3) is 5.60. The molecule has 0 fully saturated rings. The van der Waals surface area contributed by atoms with Crippen molar-refractivity contribution in [3.05, 3.63) is 96.7 Å². The Labute approximate surface area is 225 Å². The number of azo groups is 1. The number of hydrogen-bond donors (Lipinski definition) is 3. The summed E-state index contributed by atoms with van der Waals surface area (Å²) in [6.07, 6.45) is -2.98. The molecule has 3 N–H and O–H groups in total. The lowest BCUT2D eigenvalue weighted by Gasteiger charge is -2.10. The fraction of sp³-hybridized carbons (Fsp3) is 0.0370. The first-order valence-electron chi connectivity index (χ1n) is 11.5. The Morgan fingerprint density at radius 3 is 2.23 bits per heavy atom. The molecule has 0 atom stereocenters. The van der Waals surface area contributed by atoms with Crippen LogP contribution in [0.4, 0.5) is 36.2 Å². The molecule has 0 bridgehead atoms. The average Bonchev–Trinajstić information content (AvgIpc) is 2.92. The third-order valence-corrected chi connectivity index (χ3v) is 6.69. The number of rotatable bonds is 6. The summed E-state index contributed by atoms with van der Waals surface area (Å²) in [5.41, 5.74) is 0.874. The molecule has 5 aromatic rings. The molecule has 13 heteroatoms. The maximum atomic E-state index is 12.9. The van der Waals surface area contributed by atoms with E-state index in [1.165, 1.54) is 30.5 Å². The molecule has 0 aliphatic carbocycles. The van der Waals surface area contributed by atoms with Gasteiger partial charge in [-0.05, 0) is 36.4 Å². The Bertz CT molecular complexity index is 1860. The van der Waals surface area contributed by atoms with Gasteiger partial charge < -0.3 is 10.4 Å². The zero-order valence-corrected chi connectivity index (χ0v) is 21.0. The number of halogens is 3. The van der Waals surface area contributed by atoms with Crippen molar-refractivity contribution in [2.24, 2.45) is 10.2 Å². The van der Waals surface area contributed by atoms with Gasteiger partial charge in [-0.15, -0.1) is 10.2 Å². The molecular weight excluding hydrogens is 547 g/mol. The van der Waals surface area contributed by atoms with E-state index in [1.807, 2.05) is 0 Å². The molecule has 0 aliphatic rings. The lowest BCUT2D eigenvalue weighted by molar-refractivity contribution is -0.137. The second-order valence-corrected chi connectivity index (χ2v) is 9.84. The highest BCUT2D eigenvalue weighted by Crippen LogP contribution is 2.41. The van der Waals surface area contributed by atoms with Crippen molar-refractivity contribution in [3.63, 3.8) is 0 Å². The van der Waals surface area contributed by atoms with Crippen molar-refractivity contribution >= 4 is 43.9 Å². The molecule has 4 aromatic carbocycles. The Hall–Kier alpha value is -4.88. The highest BCUT2D eigenvalue weighted by atomic mass is 32.2. The van der Waals surface area contributed by atoms with Crippen LogP contribution in [0.1, 0.15) is 5.56 Å². The molecule has 0 radical (unpaired) electrons. The normalized spacial score (nSPS) is 12.2. The van der Waals surface area contributed by atoms with Crippen molar-refractivity contribution in [2.75, 3.05) is 5.32 Å². The van der Waals surface area contributed by atoms with Crippen LogP contribution in [0, 0.1) is 0 Å². The molecule has 0 amide bonds. The number of anilines is 2. The van der Waals surface area contributed by atoms with Crippen LogP contribution >= 0.6 is 0 Å². The van der Waals surface area contributed by atoms with Crippen LogP contribution in [-0.4, -0.2) is 28.0 Å². The lowest BCUT2D eigenvalue weighted by Crippen LogP contribution is -2.04. The summed E-state index contributed by atoms with van der Waals surface area (Å²) in [7, 11) is -4.62. The Morgan fingerprint density at radius 2 is 1.52 bits per heavy atom. The predicted molar refractivity (Wildman–Crippen MR) is 142 cm³/mol. The summed E-state index contributed by atoms with van der Waals surface area (Å²) < 4.78 is 71.8. The number of nitrogens with one attached hydrogen (secondary N) is 1. The summed E-state index contributed by atoms with van der Waals surface area (Å²) in [6, 6.07) is 20.0. The molecule has 0 spiro atoms. The molecule has 9 nitrogen and oxygen atoms in total. The summed E-state index contributed by atoms with van der Waals surface area (Å²) in [5, 5.41) is 22.3. The fourth-order valence-electron chi connectivity index (χ4n) is 3.95. The van der Waals surface area contributed by atoms with E-state index in [2.05, 4.69) is 25.5 Å². The third-order valence-electron chi connectivity index (χ3n) is 5.80. The molecule has 0 saturated carbocycles. The van der Waals surface area contributed by atoms with Gasteiger partial charge in [0.05, 0.1) is 16.9 Å². The van der Waals surface area contributed by atoms with Gasteiger partial charge in [0.25, 0.3) is 10.1 Å². The fourth-order valence-corrected chi connectivity index (χ4v) is 4.67. The van der Waals surface area contributed by atoms with Gasteiger partial charge in [-0.25, -0.2) is 9.97 Å². The minimum Gasteiger partial charge on any atom is -0.506 e. The van der Waals surface area contributed by atoms with Crippen LogP contribution in [0.25, 0.3) is 22.0 Å². The highest BCUT2D eigenvalue weighted by molar-refractivity contribution is 7.86. The van der Waals surface area contributed by atoms with Crippen molar-refractivity contribution in [3.8, 4) is 17.0 Å². The van der Waals surface area contributed by atoms with Gasteiger partial charge in [0, 0.05) is 34.3 Å². The summed E-state index contributed by atoms with van der Waals surface area (Å²) in [4.78, 5) is 8.10. The molecular formula is C27H18F3N5O4S. The molecule has 5 rings (SSSR count). The van der Waals surface area contributed by atoms with Crippen molar-refractivity contribution < 1.29 is 31.2 Å². The lowest BCUT2D eigenvalue weighted by atomic mass is 10.1. The van der Waals surface area contributed by atoms with Crippen molar-refractivity contribution in [1.29, 1.82) is 0 Å². The van der Waals surface area contributed by atoms with Gasteiger partial charge in [0.1, 0.15) is 16.3 Å². The van der Waals surface area contributed by atoms with Crippen LogP contribution in [0.3, 0.4) is 0 Å². The number of phenols is 1. The van der Waals surface area contributed by atoms with E-state index in [0.717, 1.165) is 18.2 Å². The van der Waals surface area contributed by atoms with Crippen LogP contribution in [0.15, 0.2) is 106 Å². The predicted octanol–water partition coefficient (Wildman–Crippen LogP) is 7.43. The van der Waals surface area contributed by atoms with Gasteiger partial charge in [-0.1, -0.05) is 42.5 Å². The standard InChI is InChI=1S/C27H18F3N5O4S/c28-27(29,30)16-9-11-17(12-10-16)32-26-31-14-13-21(33-26)20-7-3-4-8-22(20)34-35-25-19-6-2-1-5-18(19)24(15-23(25)36)40(37,38)39/h1-15,36H,(H,31,32,33)(H,37,38,39). The molecule has 0 unspecified atom stereocenters. The molecule has 0 saturated heterocycles. The van der Waals surface area contributed by atoms with Crippen molar-refractivity contribution in [2.45, 2.75) is 11.1 Å². The first-order chi connectivity index (χ1) is 19.0. The van der Waals surface area contributed by atoms with Gasteiger partial charge in [0.2, 0.25) is 5.95 Å². The van der Waals surface area contributed by atoms with E-state index in [9.17, 15) is 31.2 Å². The van der Waals surface area contributed by atoms with Gasteiger partial charge in [-0.3, -0.25) is 4.55 Å². The average molecular weight is 566 g/mol. The van der Waals surface area contributed by atoms with E-state index in [1.54, 1.807) is 42.5 Å². The minimum atomic E-state index is -4.62. The van der Waals surface area contributed by atoms with E-state index in [4.69, 9.17) is 0 Å². The number of alkyl halides is 3. The summed E-state index contributed by atoms with van der Waals surface area (Å²) in [6.45, 7) is 0. The number of fused-ring (bicyclic) bond motifs is 1. The summed E-state index contributed by atoms with van der Waals surface area (Å²) in [5.74, 6) is -0.369. The van der Waals surface area contributed by atoms with Crippen LogP contribution in [0.2, 0.25) is 0 Å². The van der Waals surface area contributed by atoms with Crippen LogP contribution < -0.4 is 5.32 Å². The zero-order valence-electron chi connectivity index (χ0n) is 20.2. The molecule has 1 heterocycles. The number of phenolic OH excluding ortho intramolecular Hbond substituents is 1. The Kier molecular flexibility index (Phi) is 6.92. The maximum Gasteiger partial charge on any atom is 0.416 e. The number of nitrogens with zero attached hydrogens (tertiary/aromatic N) is 4. The minimum absolute atomic E-state index is 0.00912. The van der Waals surface area contributed by atoms with Gasteiger partial charge in [0.15, 0.2) is 0 Å². The summed E-state index contributed by atoms with van der Waals surface area (Å²) >= 11 is 0. The van der Waals surface area contributed by atoms with Gasteiger partial charge >= 0.3 is 6.18 Å². The Morgan fingerprint density at radius 1 is 0.850 bits per heavy atom. The number of aromatic hydroxyl groups is 1. The monoisotopic (exact) mass is 565 g/mol. The Balaban J connectivity index is 1.48. The molecule has 40 heavy (non-hydrogen) atoms. The molecule has 202 valence electrons. The van der Waals surface area contributed by atoms with Crippen molar-refractivity contribution in [1.82, 2.24) is 9.97 Å². The molecule has 1 aromatic heterocycles. The SMILES string of the molecule is O=S(=O)(O)c1cc(O)c(N=Nc2ccccc2-c2ccnc(Nc3ccc(C(F)(F)F)cc3)n2)c2ccccc12. The van der Waals surface area contributed by atoms with Crippen LogP contribution in [-0.2, 0) is 16.3 Å². The van der Waals surface area contributed by atoms with E-state index < -0.39 is 32.5 Å². The number of aromatic nitrogens is 2. The largest absolute Gasteiger partial charge is 0.506 e. The number of benzene rings is 4. The highest BCUT2D eigenvalue weighted by Gasteiger charge is 2.30. The van der Waals surface area contributed by atoms with Gasteiger partial charge in [-0.2, -0.15) is 21.6 Å². The topological polar surface area (TPSA) is 137 Å². The van der Waals surface area contributed by atoms with E-state index in [0.29, 0.717) is 22.6 Å². The smallest absolute Gasteiger partial charge is 0.416 e. The maximum absolute atomic E-state index is 12.9. The number of hydrogen-bond acceptors (Lipinski definition) is 8. The second-order valence-electron chi connectivity index (χ2n) is 8.45. The first kappa shape index (κ1) is 26.7. The van der Waals surface area contributed by atoms with E-state index >= 15 is 0 Å². The molecule has 0 aliphatic heterocycles. The first-order valence-corrected chi connectivity index (χ1v) is 13.0. The zero-order chi connectivity index (χ0) is 28.5. The van der Waals surface area contributed by atoms with E-state index in [-0.39, 0.29) is 22.4 Å². The quantitative estimate of drug-likeness (QED) is 0.144.